The van der Waals surface area contributed by atoms with Crippen LogP contribution in [0, 0.1) is 18.3 Å². The van der Waals surface area contributed by atoms with Crippen LogP contribution in [0.1, 0.15) is 39.0 Å². The Morgan fingerprint density at radius 2 is 2.25 bits per heavy atom. The molecule has 0 bridgehead atoms. The molecule has 1 amide bonds. The van der Waals surface area contributed by atoms with Gasteiger partial charge in [-0.1, -0.05) is 6.92 Å². The van der Waals surface area contributed by atoms with E-state index in [1.165, 1.54) is 24.3 Å². The number of carbonyl (C=O) groups is 1. The highest BCUT2D eigenvalue weighted by atomic mass is 32.2. The number of terminal acetylenes is 1. The van der Waals surface area contributed by atoms with Gasteiger partial charge in [-0.15, -0.1) is 12.3 Å². The normalized spacial score (nSPS) is 18.8. The summed E-state index contributed by atoms with van der Waals surface area (Å²) in [6.45, 7) is 2.06. The quantitative estimate of drug-likeness (QED) is 0.747. The van der Waals surface area contributed by atoms with Crippen LogP contribution in [0.15, 0.2) is 0 Å². The van der Waals surface area contributed by atoms with E-state index in [1.54, 1.807) is 0 Å². The average molecular weight is 239 g/mol. The number of hydrogen-bond donors (Lipinski definition) is 1. The monoisotopic (exact) mass is 239 g/mol. The molecule has 1 aliphatic heterocycles. The summed E-state index contributed by atoms with van der Waals surface area (Å²) in [5.41, 5.74) is 0. The minimum Gasteiger partial charge on any atom is -0.352 e. The fraction of sp³-hybridized carbons (Fsp3) is 0.769. The SMILES string of the molecule is C#CCC(CC)NC(=O)CC1CCSCC1. The molecular formula is C13H21NOS. The first kappa shape index (κ1) is 13.4. The summed E-state index contributed by atoms with van der Waals surface area (Å²) in [6, 6.07) is 0.162. The lowest BCUT2D eigenvalue weighted by molar-refractivity contribution is -0.122. The Morgan fingerprint density at radius 1 is 1.56 bits per heavy atom. The molecule has 2 nitrogen and oxygen atoms in total. The van der Waals surface area contributed by atoms with Crippen molar-refractivity contribution in [3.05, 3.63) is 0 Å². The molecule has 1 rings (SSSR count). The van der Waals surface area contributed by atoms with Crippen LogP contribution < -0.4 is 5.32 Å². The predicted molar refractivity (Wildman–Crippen MR) is 70.3 cm³/mol. The van der Waals surface area contributed by atoms with Gasteiger partial charge < -0.3 is 5.32 Å². The molecule has 1 aliphatic rings. The van der Waals surface area contributed by atoms with E-state index in [4.69, 9.17) is 6.42 Å². The Kier molecular flexibility index (Phi) is 6.40. The molecule has 1 atom stereocenters. The first-order valence-corrected chi connectivity index (χ1v) is 7.22. The summed E-state index contributed by atoms with van der Waals surface area (Å²) in [5.74, 6) is 5.79. The fourth-order valence-corrected chi connectivity index (χ4v) is 3.14. The van der Waals surface area contributed by atoms with E-state index in [0.29, 0.717) is 18.8 Å². The Bertz CT molecular complexity index is 253. The van der Waals surface area contributed by atoms with Crippen molar-refractivity contribution >= 4 is 17.7 Å². The Morgan fingerprint density at radius 3 is 2.81 bits per heavy atom. The Hall–Kier alpha value is -0.620. The van der Waals surface area contributed by atoms with E-state index in [9.17, 15) is 4.79 Å². The lowest BCUT2D eigenvalue weighted by Crippen LogP contribution is -2.35. The Balaban J connectivity index is 2.25. The molecule has 0 aromatic carbocycles. The second kappa shape index (κ2) is 7.62. The second-order valence-corrected chi connectivity index (χ2v) is 5.57. The van der Waals surface area contributed by atoms with Crippen LogP contribution in [-0.4, -0.2) is 23.5 Å². The third-order valence-electron chi connectivity index (χ3n) is 3.04. The molecule has 0 aromatic heterocycles. The molecule has 0 aliphatic carbocycles. The summed E-state index contributed by atoms with van der Waals surface area (Å²) in [7, 11) is 0. The first-order chi connectivity index (χ1) is 7.76. The molecular weight excluding hydrogens is 218 g/mol. The highest BCUT2D eigenvalue weighted by Gasteiger charge is 2.18. The number of amides is 1. The van der Waals surface area contributed by atoms with Crippen LogP contribution in [0.3, 0.4) is 0 Å². The van der Waals surface area contributed by atoms with Gasteiger partial charge >= 0.3 is 0 Å². The summed E-state index contributed by atoms with van der Waals surface area (Å²) in [6.07, 6.45) is 9.87. The molecule has 0 spiro atoms. The molecule has 3 heteroatoms. The van der Waals surface area contributed by atoms with Gasteiger partial charge in [-0.25, -0.2) is 0 Å². The number of carbonyl (C=O) groups excluding carboxylic acids is 1. The van der Waals surface area contributed by atoms with Crippen molar-refractivity contribution in [3.63, 3.8) is 0 Å². The zero-order chi connectivity index (χ0) is 11.8. The van der Waals surface area contributed by atoms with Gasteiger partial charge in [-0.2, -0.15) is 11.8 Å². The van der Waals surface area contributed by atoms with E-state index < -0.39 is 0 Å². The fourth-order valence-electron chi connectivity index (χ4n) is 1.94. The van der Waals surface area contributed by atoms with Gasteiger partial charge in [0.1, 0.15) is 0 Å². The van der Waals surface area contributed by atoms with Crippen molar-refractivity contribution < 1.29 is 4.79 Å². The lowest BCUT2D eigenvalue weighted by atomic mass is 9.98. The van der Waals surface area contributed by atoms with E-state index in [2.05, 4.69) is 18.2 Å². The number of rotatable bonds is 5. The topological polar surface area (TPSA) is 29.1 Å². The summed E-state index contributed by atoms with van der Waals surface area (Å²) < 4.78 is 0. The highest BCUT2D eigenvalue weighted by Crippen LogP contribution is 2.25. The van der Waals surface area contributed by atoms with Crippen molar-refractivity contribution in [1.82, 2.24) is 5.32 Å². The smallest absolute Gasteiger partial charge is 0.220 e. The van der Waals surface area contributed by atoms with E-state index in [-0.39, 0.29) is 11.9 Å². The molecule has 1 saturated heterocycles. The van der Waals surface area contributed by atoms with Crippen LogP contribution in [0.5, 0.6) is 0 Å². The lowest BCUT2D eigenvalue weighted by Gasteiger charge is -2.22. The maximum absolute atomic E-state index is 11.8. The molecule has 0 saturated carbocycles. The van der Waals surface area contributed by atoms with Crippen LogP contribution in [0.2, 0.25) is 0 Å². The summed E-state index contributed by atoms with van der Waals surface area (Å²) in [5, 5.41) is 3.03. The van der Waals surface area contributed by atoms with Crippen LogP contribution in [-0.2, 0) is 4.79 Å². The molecule has 1 heterocycles. The molecule has 1 unspecified atom stereocenters. The third kappa shape index (κ3) is 4.94. The average Bonchev–Trinajstić information content (AvgIpc) is 2.29. The molecule has 0 aromatic rings. The summed E-state index contributed by atoms with van der Waals surface area (Å²) >= 11 is 1.99. The standard InChI is InChI=1S/C13H21NOS/c1-3-5-12(4-2)14-13(15)10-11-6-8-16-9-7-11/h1,11-12H,4-10H2,2H3,(H,14,15). The van der Waals surface area contributed by atoms with Gasteiger partial charge in [-0.3, -0.25) is 4.79 Å². The number of nitrogens with one attached hydrogen (secondary N) is 1. The molecule has 16 heavy (non-hydrogen) atoms. The van der Waals surface area contributed by atoms with Crippen molar-refractivity contribution in [2.45, 2.75) is 45.1 Å². The van der Waals surface area contributed by atoms with Gasteiger partial charge in [-0.05, 0) is 36.7 Å². The second-order valence-electron chi connectivity index (χ2n) is 4.34. The molecule has 1 N–H and O–H groups in total. The van der Waals surface area contributed by atoms with E-state index >= 15 is 0 Å². The zero-order valence-electron chi connectivity index (χ0n) is 10.00. The summed E-state index contributed by atoms with van der Waals surface area (Å²) in [4.78, 5) is 11.8. The molecule has 90 valence electrons. The van der Waals surface area contributed by atoms with E-state index in [0.717, 1.165) is 6.42 Å². The first-order valence-electron chi connectivity index (χ1n) is 6.06. The van der Waals surface area contributed by atoms with Gasteiger partial charge in [0.05, 0.1) is 0 Å². The van der Waals surface area contributed by atoms with Gasteiger partial charge in [0.25, 0.3) is 0 Å². The maximum atomic E-state index is 11.8. The van der Waals surface area contributed by atoms with Crippen LogP contribution >= 0.6 is 11.8 Å². The predicted octanol–water partition coefficient (Wildman–Crippen LogP) is 2.44. The van der Waals surface area contributed by atoms with Crippen LogP contribution in [0.25, 0.3) is 0 Å². The largest absolute Gasteiger partial charge is 0.352 e. The van der Waals surface area contributed by atoms with Gasteiger partial charge in [0.15, 0.2) is 0 Å². The maximum Gasteiger partial charge on any atom is 0.220 e. The van der Waals surface area contributed by atoms with Crippen molar-refractivity contribution in [1.29, 1.82) is 0 Å². The number of hydrogen-bond acceptors (Lipinski definition) is 2. The van der Waals surface area contributed by atoms with E-state index in [1.807, 2.05) is 11.8 Å². The van der Waals surface area contributed by atoms with Crippen molar-refractivity contribution in [2.24, 2.45) is 5.92 Å². The van der Waals surface area contributed by atoms with Crippen molar-refractivity contribution in [3.8, 4) is 12.3 Å². The minimum atomic E-state index is 0.162. The Labute approximate surface area is 103 Å². The third-order valence-corrected chi connectivity index (χ3v) is 4.09. The minimum absolute atomic E-state index is 0.162. The van der Waals surface area contributed by atoms with Crippen molar-refractivity contribution in [2.75, 3.05) is 11.5 Å². The number of thioether (sulfide) groups is 1. The zero-order valence-corrected chi connectivity index (χ0v) is 10.8. The van der Waals surface area contributed by atoms with Crippen LogP contribution in [0.4, 0.5) is 0 Å². The molecule has 1 fully saturated rings. The van der Waals surface area contributed by atoms with Gasteiger partial charge in [0, 0.05) is 18.9 Å². The molecule has 0 radical (unpaired) electrons. The van der Waals surface area contributed by atoms with Gasteiger partial charge in [0.2, 0.25) is 5.91 Å². The highest BCUT2D eigenvalue weighted by molar-refractivity contribution is 7.99.